The van der Waals surface area contributed by atoms with Crippen LogP contribution in [0.5, 0.6) is 11.5 Å². The number of piperazine rings is 1. The summed E-state index contributed by atoms with van der Waals surface area (Å²) in [5.41, 5.74) is -0.441. The molecule has 0 amide bonds. The number of nitro benzene ring substituents is 1. The molecule has 0 unspecified atom stereocenters. The smallest absolute Gasteiger partial charge is 0.341 e. The van der Waals surface area contributed by atoms with Crippen molar-refractivity contribution in [1.29, 1.82) is 0 Å². The topological polar surface area (TPSA) is 119 Å². The molecule has 10 nitrogen and oxygen atoms in total. The van der Waals surface area contributed by atoms with Gasteiger partial charge in [0.15, 0.2) is 0 Å². The lowest BCUT2D eigenvalue weighted by molar-refractivity contribution is -0.385. The zero-order chi connectivity index (χ0) is 24.5. The predicted molar refractivity (Wildman–Crippen MR) is 125 cm³/mol. The van der Waals surface area contributed by atoms with Crippen molar-refractivity contribution < 1.29 is 27.6 Å². The van der Waals surface area contributed by atoms with Gasteiger partial charge in [0.2, 0.25) is 15.8 Å². The Kier molecular flexibility index (Phi) is 6.51. The fourth-order valence-corrected chi connectivity index (χ4v) is 5.20. The first-order valence-electron chi connectivity index (χ1n) is 10.5. The van der Waals surface area contributed by atoms with Crippen molar-refractivity contribution in [3.8, 4) is 11.5 Å². The van der Waals surface area contributed by atoms with Crippen LogP contribution in [0.4, 0.5) is 5.69 Å². The lowest BCUT2D eigenvalue weighted by Crippen LogP contribution is -2.47. The molecule has 178 valence electrons. The Morgan fingerprint density at radius 2 is 1.62 bits per heavy atom. The average Bonchev–Trinajstić information content (AvgIpc) is 2.83. The van der Waals surface area contributed by atoms with E-state index in [9.17, 15) is 23.3 Å². The van der Waals surface area contributed by atoms with Gasteiger partial charge in [0.05, 0.1) is 16.9 Å². The van der Waals surface area contributed by atoms with Crippen molar-refractivity contribution in [2.75, 3.05) is 40.3 Å². The van der Waals surface area contributed by atoms with Crippen LogP contribution in [0.3, 0.4) is 0 Å². The zero-order valence-electron chi connectivity index (χ0n) is 18.6. The SMILES string of the molecule is COC(=O)c1cc2ccccc2cc1Oc1ccc(S(=O)(=O)N2CCN(C)CC2)cc1[N+](=O)[O-]. The van der Waals surface area contributed by atoms with Crippen molar-refractivity contribution in [2.24, 2.45) is 0 Å². The van der Waals surface area contributed by atoms with E-state index < -0.39 is 26.6 Å². The van der Waals surface area contributed by atoms with Gasteiger partial charge >= 0.3 is 11.7 Å². The molecule has 0 radical (unpaired) electrons. The van der Waals surface area contributed by atoms with E-state index in [0.717, 1.165) is 16.8 Å². The second-order valence-electron chi connectivity index (χ2n) is 7.88. The van der Waals surface area contributed by atoms with Gasteiger partial charge in [-0.3, -0.25) is 10.1 Å². The van der Waals surface area contributed by atoms with Gasteiger partial charge in [-0.1, -0.05) is 24.3 Å². The molecule has 1 aliphatic heterocycles. The first-order chi connectivity index (χ1) is 16.2. The Bertz CT molecular complexity index is 1370. The number of nitrogens with zero attached hydrogens (tertiary/aromatic N) is 3. The van der Waals surface area contributed by atoms with E-state index in [2.05, 4.69) is 0 Å². The third-order valence-electron chi connectivity index (χ3n) is 5.70. The number of esters is 1. The largest absolute Gasteiger partial charge is 0.465 e. The summed E-state index contributed by atoms with van der Waals surface area (Å²) < 4.78 is 38.1. The molecule has 0 saturated carbocycles. The fraction of sp³-hybridized carbons (Fsp3) is 0.261. The highest BCUT2D eigenvalue weighted by Gasteiger charge is 2.30. The number of sulfonamides is 1. The summed E-state index contributed by atoms with van der Waals surface area (Å²) in [7, 11) is -0.790. The van der Waals surface area contributed by atoms with Gasteiger partial charge in [-0.15, -0.1) is 0 Å². The molecule has 0 spiro atoms. The second kappa shape index (κ2) is 9.37. The first kappa shape index (κ1) is 23.6. The van der Waals surface area contributed by atoms with Gasteiger partial charge in [0, 0.05) is 32.2 Å². The van der Waals surface area contributed by atoms with Crippen LogP contribution in [0, 0.1) is 10.1 Å². The van der Waals surface area contributed by atoms with Gasteiger partial charge in [-0.25, -0.2) is 13.2 Å². The summed E-state index contributed by atoms with van der Waals surface area (Å²) in [6, 6.07) is 13.9. The summed E-state index contributed by atoms with van der Waals surface area (Å²) in [5.74, 6) is -0.802. The van der Waals surface area contributed by atoms with Crippen molar-refractivity contribution in [1.82, 2.24) is 9.21 Å². The van der Waals surface area contributed by atoms with E-state index in [1.165, 1.54) is 23.5 Å². The highest BCUT2D eigenvalue weighted by molar-refractivity contribution is 7.89. The number of hydrogen-bond donors (Lipinski definition) is 0. The van der Waals surface area contributed by atoms with Crippen molar-refractivity contribution >= 4 is 32.5 Å². The molecule has 0 atom stereocenters. The third kappa shape index (κ3) is 4.58. The summed E-state index contributed by atoms with van der Waals surface area (Å²) >= 11 is 0. The number of likely N-dealkylation sites (N-methyl/N-ethyl adjacent to an activating group) is 1. The number of ether oxygens (including phenoxy) is 2. The zero-order valence-corrected chi connectivity index (χ0v) is 19.4. The van der Waals surface area contributed by atoms with Crippen LogP contribution in [0.1, 0.15) is 10.4 Å². The molecule has 1 fully saturated rings. The van der Waals surface area contributed by atoms with Crippen molar-refractivity contribution in [2.45, 2.75) is 4.90 Å². The molecule has 0 aliphatic carbocycles. The van der Waals surface area contributed by atoms with Crippen molar-refractivity contribution in [3.05, 3.63) is 70.3 Å². The molecule has 0 bridgehead atoms. The van der Waals surface area contributed by atoms with Gasteiger partial charge < -0.3 is 14.4 Å². The molecule has 1 heterocycles. The van der Waals surface area contributed by atoms with Crippen molar-refractivity contribution in [3.63, 3.8) is 0 Å². The minimum absolute atomic E-state index is 0.0586. The number of rotatable bonds is 6. The molecule has 11 heteroatoms. The molecule has 3 aromatic carbocycles. The number of methoxy groups -OCH3 is 1. The first-order valence-corrected chi connectivity index (χ1v) is 11.9. The molecular weight excluding hydrogens is 462 g/mol. The maximum absolute atomic E-state index is 13.0. The number of carbonyl (C=O) groups is 1. The molecule has 4 rings (SSSR count). The normalized spacial score (nSPS) is 15.2. The number of benzene rings is 3. The van der Waals surface area contributed by atoms with E-state index in [1.54, 1.807) is 12.1 Å². The highest BCUT2D eigenvalue weighted by atomic mass is 32.2. The standard InChI is InChI=1S/C23H23N3O7S/c1-24-9-11-25(12-10-24)34(30,31)18-7-8-21(20(15-18)26(28)29)33-22-14-17-6-4-3-5-16(17)13-19(22)23(27)32-2/h3-8,13-15H,9-12H2,1-2H3. The van der Waals surface area contributed by atoms with Crippen LogP contribution < -0.4 is 4.74 Å². The Balaban J connectivity index is 1.74. The number of carbonyl (C=O) groups excluding carboxylic acids is 1. The quantitative estimate of drug-likeness (QED) is 0.296. The highest BCUT2D eigenvalue weighted by Crippen LogP contribution is 2.37. The van der Waals surface area contributed by atoms with Gasteiger partial charge in [0.25, 0.3) is 0 Å². The molecule has 1 saturated heterocycles. The number of fused-ring (bicyclic) bond motifs is 1. The van der Waals surface area contributed by atoms with Gasteiger partial charge in [0.1, 0.15) is 11.3 Å². The Morgan fingerprint density at radius 3 is 2.24 bits per heavy atom. The third-order valence-corrected chi connectivity index (χ3v) is 7.59. The molecular formula is C23H23N3O7S. The van der Waals surface area contributed by atoms with Crippen LogP contribution in [0.25, 0.3) is 10.8 Å². The van der Waals surface area contributed by atoms with E-state index in [1.807, 2.05) is 36.2 Å². The maximum atomic E-state index is 13.0. The second-order valence-corrected chi connectivity index (χ2v) is 9.82. The number of hydrogen-bond acceptors (Lipinski definition) is 8. The minimum atomic E-state index is -3.91. The summed E-state index contributed by atoms with van der Waals surface area (Å²) in [4.78, 5) is 25.3. The van der Waals surface area contributed by atoms with Crippen LogP contribution in [0.2, 0.25) is 0 Å². The Labute approximate surface area is 196 Å². The molecule has 0 N–H and O–H groups in total. The van der Waals surface area contributed by atoms with Crippen LogP contribution in [-0.2, 0) is 14.8 Å². The van der Waals surface area contributed by atoms with E-state index in [4.69, 9.17) is 9.47 Å². The van der Waals surface area contributed by atoms with Gasteiger partial charge in [-0.2, -0.15) is 4.31 Å². The summed E-state index contributed by atoms with van der Waals surface area (Å²) in [6.07, 6.45) is 0. The Morgan fingerprint density at radius 1 is 0.971 bits per heavy atom. The lowest BCUT2D eigenvalue weighted by Gasteiger charge is -2.31. The summed E-state index contributed by atoms with van der Waals surface area (Å²) in [5, 5.41) is 13.3. The molecule has 3 aromatic rings. The minimum Gasteiger partial charge on any atom is -0.465 e. The number of nitro groups is 1. The van der Waals surface area contributed by atoms with Crippen LogP contribution in [-0.4, -0.2) is 68.9 Å². The molecule has 1 aliphatic rings. The van der Waals surface area contributed by atoms with Crippen LogP contribution >= 0.6 is 0 Å². The molecule has 34 heavy (non-hydrogen) atoms. The Hall–Kier alpha value is -3.54. The van der Waals surface area contributed by atoms with Crippen LogP contribution in [0.15, 0.2) is 59.5 Å². The molecule has 0 aromatic heterocycles. The van der Waals surface area contributed by atoms with E-state index >= 15 is 0 Å². The monoisotopic (exact) mass is 485 g/mol. The van der Waals surface area contributed by atoms with E-state index in [0.29, 0.717) is 26.2 Å². The maximum Gasteiger partial charge on any atom is 0.341 e. The van der Waals surface area contributed by atoms with Gasteiger partial charge in [-0.05, 0) is 42.1 Å². The summed E-state index contributed by atoms with van der Waals surface area (Å²) in [6.45, 7) is 1.73. The predicted octanol–water partition coefficient (Wildman–Crippen LogP) is 3.26. The lowest BCUT2D eigenvalue weighted by atomic mass is 10.1. The fourth-order valence-electron chi connectivity index (χ4n) is 3.76. The average molecular weight is 486 g/mol. The van der Waals surface area contributed by atoms with E-state index in [-0.39, 0.29) is 22.0 Å².